The van der Waals surface area contributed by atoms with Gasteiger partial charge in [-0.1, -0.05) is 6.92 Å². The van der Waals surface area contributed by atoms with Gasteiger partial charge in [-0.2, -0.15) is 0 Å². The number of fused-ring (bicyclic) bond motifs is 1. The van der Waals surface area contributed by atoms with Crippen LogP contribution in [0, 0.1) is 0 Å². The summed E-state index contributed by atoms with van der Waals surface area (Å²) in [4.78, 5) is 12.1. The van der Waals surface area contributed by atoms with Gasteiger partial charge in [0, 0.05) is 11.3 Å². The topological polar surface area (TPSA) is 72.6 Å². The number of hydrogen-bond acceptors (Lipinski definition) is 4. The summed E-state index contributed by atoms with van der Waals surface area (Å²) in [5.74, 6) is -0.935. The Morgan fingerprint density at radius 3 is 2.94 bits per heavy atom. The second kappa shape index (κ2) is 3.75. The zero-order chi connectivity index (χ0) is 11.9. The van der Waals surface area contributed by atoms with Gasteiger partial charge in [0.25, 0.3) is 0 Å². The second-order valence-corrected chi connectivity index (χ2v) is 5.45. The van der Waals surface area contributed by atoms with Crippen LogP contribution in [0.1, 0.15) is 41.1 Å². The minimum atomic E-state index is -0.935. The Bertz CT molecular complexity index is 441. The molecule has 0 spiro atoms. The molecule has 88 valence electrons. The number of carboxylic acid groups (broad SMARTS) is 1. The Morgan fingerprint density at radius 2 is 2.38 bits per heavy atom. The van der Waals surface area contributed by atoms with E-state index in [1.807, 2.05) is 13.8 Å². The van der Waals surface area contributed by atoms with Crippen LogP contribution in [0.15, 0.2) is 0 Å². The lowest BCUT2D eigenvalue weighted by molar-refractivity contribution is -0.0547. The van der Waals surface area contributed by atoms with Gasteiger partial charge in [-0.05, 0) is 18.9 Å². The average molecular weight is 241 g/mol. The fourth-order valence-corrected chi connectivity index (χ4v) is 2.96. The van der Waals surface area contributed by atoms with Gasteiger partial charge in [0.2, 0.25) is 0 Å². The van der Waals surface area contributed by atoms with E-state index in [0.717, 1.165) is 16.9 Å². The molecule has 0 bridgehead atoms. The molecule has 0 saturated carbocycles. The fourth-order valence-electron chi connectivity index (χ4n) is 1.96. The highest BCUT2D eigenvalue weighted by Crippen LogP contribution is 2.39. The number of nitrogen functional groups attached to an aromatic ring is 1. The van der Waals surface area contributed by atoms with Crippen LogP contribution in [0.25, 0.3) is 0 Å². The minimum absolute atomic E-state index is 0.259. The monoisotopic (exact) mass is 241 g/mol. The lowest BCUT2D eigenvalue weighted by Gasteiger charge is -2.33. The van der Waals surface area contributed by atoms with E-state index in [4.69, 9.17) is 15.6 Å². The van der Waals surface area contributed by atoms with E-state index in [9.17, 15) is 4.79 Å². The van der Waals surface area contributed by atoms with Gasteiger partial charge in [0.1, 0.15) is 5.00 Å². The van der Waals surface area contributed by atoms with Crippen molar-refractivity contribution in [3.05, 3.63) is 16.0 Å². The third-order valence-electron chi connectivity index (χ3n) is 3.18. The quantitative estimate of drug-likeness (QED) is 0.833. The molecule has 0 radical (unpaired) electrons. The molecule has 0 saturated heterocycles. The van der Waals surface area contributed by atoms with Gasteiger partial charge >= 0.3 is 5.97 Å². The summed E-state index contributed by atoms with van der Waals surface area (Å²) in [6, 6.07) is 0. The van der Waals surface area contributed by atoms with Crippen LogP contribution in [0.3, 0.4) is 0 Å². The van der Waals surface area contributed by atoms with Crippen molar-refractivity contribution >= 4 is 22.3 Å². The Morgan fingerprint density at radius 1 is 1.69 bits per heavy atom. The van der Waals surface area contributed by atoms with E-state index in [1.54, 1.807) is 0 Å². The van der Waals surface area contributed by atoms with E-state index in [2.05, 4.69) is 0 Å². The molecular formula is C11H15NO3S. The number of ether oxygens (including phenoxy) is 1. The highest BCUT2D eigenvalue weighted by molar-refractivity contribution is 7.16. The Hall–Kier alpha value is -1.07. The van der Waals surface area contributed by atoms with Crippen molar-refractivity contribution in [2.75, 3.05) is 5.73 Å². The summed E-state index contributed by atoms with van der Waals surface area (Å²) in [6.07, 6.45) is 1.50. The molecule has 2 heterocycles. The lowest BCUT2D eigenvalue weighted by atomic mass is 9.89. The Labute approximate surface area is 98.0 Å². The van der Waals surface area contributed by atoms with Crippen LogP contribution >= 0.6 is 11.3 Å². The maximum Gasteiger partial charge on any atom is 0.338 e. The van der Waals surface area contributed by atoms with Crippen molar-refractivity contribution in [3.8, 4) is 0 Å². The molecule has 4 nitrogen and oxygen atoms in total. The minimum Gasteiger partial charge on any atom is -0.478 e. The van der Waals surface area contributed by atoms with Crippen molar-refractivity contribution in [2.24, 2.45) is 0 Å². The fraction of sp³-hybridized carbons (Fsp3) is 0.545. The molecule has 1 aliphatic heterocycles. The van der Waals surface area contributed by atoms with Crippen molar-refractivity contribution in [2.45, 2.75) is 38.9 Å². The third kappa shape index (κ3) is 1.70. The van der Waals surface area contributed by atoms with E-state index >= 15 is 0 Å². The van der Waals surface area contributed by atoms with Crippen molar-refractivity contribution < 1.29 is 14.6 Å². The molecule has 0 fully saturated rings. The van der Waals surface area contributed by atoms with E-state index in [1.165, 1.54) is 11.3 Å². The standard InChI is InChI=1S/C11H15NO3S/c1-3-11(2)4-6-7(5-15-11)16-9(12)8(6)10(13)14/h3-5,12H2,1-2H3,(H,13,14)/t11-/m0/s1. The van der Waals surface area contributed by atoms with Crippen LogP contribution in [0.2, 0.25) is 0 Å². The van der Waals surface area contributed by atoms with E-state index in [0.29, 0.717) is 18.0 Å². The zero-order valence-corrected chi connectivity index (χ0v) is 10.2. The van der Waals surface area contributed by atoms with E-state index in [-0.39, 0.29) is 11.2 Å². The van der Waals surface area contributed by atoms with Crippen LogP contribution in [0.4, 0.5) is 5.00 Å². The summed E-state index contributed by atoms with van der Waals surface area (Å²) >= 11 is 1.33. The van der Waals surface area contributed by atoms with Gasteiger partial charge in [-0.25, -0.2) is 4.79 Å². The molecule has 16 heavy (non-hydrogen) atoms. The highest BCUT2D eigenvalue weighted by Gasteiger charge is 2.34. The molecule has 2 rings (SSSR count). The van der Waals surface area contributed by atoms with Gasteiger partial charge in [0.05, 0.1) is 17.8 Å². The Balaban J connectivity index is 2.47. The molecular weight excluding hydrogens is 226 g/mol. The van der Waals surface area contributed by atoms with Crippen molar-refractivity contribution in [1.82, 2.24) is 0 Å². The smallest absolute Gasteiger partial charge is 0.338 e. The second-order valence-electron chi connectivity index (χ2n) is 4.32. The lowest BCUT2D eigenvalue weighted by Crippen LogP contribution is -2.34. The SMILES string of the molecule is CC[C@@]1(C)Cc2c(sc(N)c2C(=O)O)CO1. The third-order valence-corrected chi connectivity index (χ3v) is 4.22. The van der Waals surface area contributed by atoms with Gasteiger partial charge in [0.15, 0.2) is 0 Å². The maximum atomic E-state index is 11.1. The Kier molecular flexibility index (Phi) is 2.67. The number of thiophene rings is 1. The predicted molar refractivity (Wildman–Crippen MR) is 62.9 cm³/mol. The van der Waals surface area contributed by atoms with Crippen LogP contribution in [0.5, 0.6) is 0 Å². The molecule has 1 aromatic rings. The number of anilines is 1. The van der Waals surface area contributed by atoms with Gasteiger partial charge < -0.3 is 15.6 Å². The average Bonchev–Trinajstić information content (AvgIpc) is 2.53. The number of carbonyl (C=O) groups is 1. The number of carboxylic acids is 1. The molecule has 1 aromatic heterocycles. The normalized spacial score (nSPS) is 24.1. The summed E-state index contributed by atoms with van der Waals surface area (Å²) in [7, 11) is 0. The number of aromatic carboxylic acids is 1. The predicted octanol–water partition coefficient (Wildman–Crippen LogP) is 2.27. The summed E-state index contributed by atoms with van der Waals surface area (Å²) in [5, 5.41) is 9.53. The molecule has 0 unspecified atom stereocenters. The van der Waals surface area contributed by atoms with E-state index < -0.39 is 5.97 Å². The molecule has 0 amide bonds. The molecule has 1 aliphatic rings. The van der Waals surface area contributed by atoms with Crippen molar-refractivity contribution in [1.29, 1.82) is 0 Å². The first-order valence-electron chi connectivity index (χ1n) is 5.24. The number of nitrogens with two attached hydrogens (primary N) is 1. The first-order valence-corrected chi connectivity index (χ1v) is 6.06. The summed E-state index contributed by atoms with van der Waals surface area (Å²) in [6.45, 7) is 4.53. The molecule has 0 aliphatic carbocycles. The maximum absolute atomic E-state index is 11.1. The van der Waals surface area contributed by atoms with Crippen LogP contribution < -0.4 is 5.73 Å². The van der Waals surface area contributed by atoms with Crippen LogP contribution in [-0.2, 0) is 17.8 Å². The highest BCUT2D eigenvalue weighted by atomic mass is 32.1. The van der Waals surface area contributed by atoms with Crippen LogP contribution in [-0.4, -0.2) is 16.7 Å². The number of hydrogen-bond donors (Lipinski definition) is 2. The first-order chi connectivity index (χ1) is 7.47. The summed E-state index contributed by atoms with van der Waals surface area (Å²) in [5.41, 5.74) is 6.62. The first kappa shape index (κ1) is 11.4. The summed E-state index contributed by atoms with van der Waals surface area (Å²) < 4.78 is 5.75. The molecule has 1 atom stereocenters. The van der Waals surface area contributed by atoms with Crippen molar-refractivity contribution in [3.63, 3.8) is 0 Å². The molecule has 5 heteroatoms. The molecule has 0 aromatic carbocycles. The zero-order valence-electron chi connectivity index (χ0n) is 9.37. The van der Waals surface area contributed by atoms with Gasteiger partial charge in [-0.3, -0.25) is 0 Å². The largest absolute Gasteiger partial charge is 0.478 e. The number of rotatable bonds is 2. The molecule has 3 N–H and O–H groups in total. The van der Waals surface area contributed by atoms with Gasteiger partial charge in [-0.15, -0.1) is 11.3 Å².